The number of nitrogens with one attached hydrogen (secondary N) is 1. The zero-order valence-electron chi connectivity index (χ0n) is 7.99. The van der Waals surface area contributed by atoms with Gasteiger partial charge in [0.1, 0.15) is 6.33 Å². The molecule has 0 unspecified atom stereocenters. The van der Waals surface area contributed by atoms with Crippen LogP contribution in [0, 0.1) is 0 Å². The van der Waals surface area contributed by atoms with E-state index in [1.54, 1.807) is 0 Å². The van der Waals surface area contributed by atoms with E-state index in [-0.39, 0.29) is 5.95 Å². The average molecular weight is 181 g/mol. The standard InChI is InChI=1S/C8H15N5/c1-3-6(4-2)12-8-11-5-10-7(9)13-8/h5-6H,3-4H2,1-2H3,(H3,9,10,11,12,13). The molecule has 0 saturated heterocycles. The lowest BCUT2D eigenvalue weighted by atomic mass is 10.2. The first-order chi connectivity index (χ1) is 6.26. The van der Waals surface area contributed by atoms with Crippen LogP contribution in [0.1, 0.15) is 26.7 Å². The van der Waals surface area contributed by atoms with E-state index in [1.807, 2.05) is 0 Å². The van der Waals surface area contributed by atoms with Crippen molar-refractivity contribution in [1.29, 1.82) is 0 Å². The van der Waals surface area contributed by atoms with Gasteiger partial charge in [-0.25, -0.2) is 9.97 Å². The predicted octanol–water partition coefficient (Wildman–Crippen LogP) is 1.05. The highest BCUT2D eigenvalue weighted by Crippen LogP contribution is 2.05. The van der Waals surface area contributed by atoms with Gasteiger partial charge in [0.2, 0.25) is 11.9 Å². The number of hydrogen-bond donors (Lipinski definition) is 2. The van der Waals surface area contributed by atoms with Crippen LogP contribution >= 0.6 is 0 Å². The van der Waals surface area contributed by atoms with Crippen molar-refractivity contribution in [1.82, 2.24) is 15.0 Å². The van der Waals surface area contributed by atoms with Crippen LogP contribution in [0.2, 0.25) is 0 Å². The van der Waals surface area contributed by atoms with E-state index in [1.165, 1.54) is 6.33 Å². The summed E-state index contributed by atoms with van der Waals surface area (Å²) in [5.74, 6) is 0.810. The molecule has 0 aromatic carbocycles. The van der Waals surface area contributed by atoms with Gasteiger partial charge in [0.25, 0.3) is 0 Å². The minimum Gasteiger partial charge on any atom is -0.368 e. The molecular formula is C8H15N5. The van der Waals surface area contributed by atoms with Crippen LogP contribution in [-0.4, -0.2) is 21.0 Å². The Morgan fingerprint density at radius 3 is 2.62 bits per heavy atom. The molecule has 5 heteroatoms. The molecule has 0 amide bonds. The minimum absolute atomic E-state index is 0.253. The Kier molecular flexibility index (Phi) is 3.42. The average Bonchev–Trinajstić information content (AvgIpc) is 2.14. The number of hydrogen-bond acceptors (Lipinski definition) is 5. The van der Waals surface area contributed by atoms with Crippen LogP contribution in [0.15, 0.2) is 6.33 Å². The number of nitrogens with two attached hydrogens (primary N) is 1. The van der Waals surface area contributed by atoms with Gasteiger partial charge in [-0.05, 0) is 12.8 Å². The Morgan fingerprint density at radius 1 is 1.38 bits per heavy atom. The molecule has 0 fully saturated rings. The molecule has 0 aliphatic carbocycles. The molecule has 3 N–H and O–H groups in total. The Labute approximate surface area is 77.8 Å². The normalized spacial score (nSPS) is 10.4. The van der Waals surface area contributed by atoms with Crippen molar-refractivity contribution in [2.45, 2.75) is 32.7 Å². The second kappa shape index (κ2) is 4.59. The molecule has 1 heterocycles. The lowest BCUT2D eigenvalue weighted by Crippen LogP contribution is -2.19. The van der Waals surface area contributed by atoms with Gasteiger partial charge in [-0.2, -0.15) is 4.98 Å². The molecule has 0 aliphatic heterocycles. The Hall–Kier alpha value is -1.39. The summed E-state index contributed by atoms with van der Waals surface area (Å²) in [6.07, 6.45) is 3.50. The maximum atomic E-state index is 5.42. The highest BCUT2D eigenvalue weighted by atomic mass is 15.2. The molecular weight excluding hydrogens is 166 g/mol. The second-order valence-corrected chi connectivity index (χ2v) is 2.83. The predicted molar refractivity (Wildman–Crippen MR) is 52.2 cm³/mol. The summed E-state index contributed by atoms with van der Waals surface area (Å²) in [4.78, 5) is 11.6. The summed E-state index contributed by atoms with van der Waals surface area (Å²) < 4.78 is 0. The third-order valence-corrected chi connectivity index (χ3v) is 1.91. The van der Waals surface area contributed by atoms with E-state index in [2.05, 4.69) is 34.1 Å². The number of anilines is 2. The van der Waals surface area contributed by atoms with Gasteiger partial charge in [0, 0.05) is 6.04 Å². The Balaban J connectivity index is 2.62. The number of nitrogen functional groups attached to an aromatic ring is 1. The molecule has 5 nitrogen and oxygen atoms in total. The number of aromatic nitrogens is 3. The van der Waals surface area contributed by atoms with Gasteiger partial charge in [-0.1, -0.05) is 13.8 Å². The molecule has 13 heavy (non-hydrogen) atoms. The lowest BCUT2D eigenvalue weighted by molar-refractivity contribution is 0.664. The van der Waals surface area contributed by atoms with E-state index in [9.17, 15) is 0 Å². The summed E-state index contributed by atoms with van der Waals surface area (Å²) in [6, 6.07) is 0.404. The molecule has 0 bridgehead atoms. The van der Waals surface area contributed by atoms with E-state index in [0.717, 1.165) is 12.8 Å². The summed E-state index contributed by atoms with van der Waals surface area (Å²) in [5.41, 5.74) is 5.42. The van der Waals surface area contributed by atoms with Crippen molar-refractivity contribution < 1.29 is 0 Å². The first-order valence-corrected chi connectivity index (χ1v) is 4.47. The highest BCUT2D eigenvalue weighted by molar-refractivity contribution is 5.29. The van der Waals surface area contributed by atoms with Gasteiger partial charge in [0.05, 0.1) is 0 Å². The molecule has 0 saturated carbocycles. The quantitative estimate of drug-likeness (QED) is 0.726. The molecule has 1 rings (SSSR count). The zero-order valence-corrected chi connectivity index (χ0v) is 7.99. The van der Waals surface area contributed by atoms with Gasteiger partial charge in [0.15, 0.2) is 0 Å². The van der Waals surface area contributed by atoms with E-state index >= 15 is 0 Å². The number of nitrogens with zero attached hydrogens (tertiary/aromatic N) is 3. The highest BCUT2D eigenvalue weighted by Gasteiger charge is 2.04. The van der Waals surface area contributed by atoms with E-state index in [0.29, 0.717) is 12.0 Å². The number of rotatable bonds is 4. The van der Waals surface area contributed by atoms with Crippen molar-refractivity contribution in [3.63, 3.8) is 0 Å². The monoisotopic (exact) mass is 181 g/mol. The smallest absolute Gasteiger partial charge is 0.227 e. The fourth-order valence-electron chi connectivity index (χ4n) is 1.05. The van der Waals surface area contributed by atoms with Gasteiger partial charge >= 0.3 is 0 Å². The van der Waals surface area contributed by atoms with Crippen molar-refractivity contribution in [3.05, 3.63) is 6.33 Å². The molecule has 72 valence electrons. The molecule has 0 atom stereocenters. The Bertz CT molecular complexity index is 258. The van der Waals surface area contributed by atoms with Crippen molar-refractivity contribution in [2.24, 2.45) is 0 Å². The van der Waals surface area contributed by atoms with Gasteiger partial charge in [-0.3, -0.25) is 0 Å². The van der Waals surface area contributed by atoms with Crippen LogP contribution < -0.4 is 11.1 Å². The van der Waals surface area contributed by atoms with Crippen LogP contribution in [0.3, 0.4) is 0 Å². The van der Waals surface area contributed by atoms with E-state index in [4.69, 9.17) is 5.73 Å². The third-order valence-electron chi connectivity index (χ3n) is 1.91. The van der Waals surface area contributed by atoms with Crippen LogP contribution in [0.25, 0.3) is 0 Å². The molecule has 0 spiro atoms. The van der Waals surface area contributed by atoms with Crippen molar-refractivity contribution in [3.8, 4) is 0 Å². The fourth-order valence-corrected chi connectivity index (χ4v) is 1.05. The maximum absolute atomic E-state index is 5.42. The summed E-state index contributed by atoms with van der Waals surface area (Å²) >= 11 is 0. The SMILES string of the molecule is CCC(CC)Nc1ncnc(N)n1. The topological polar surface area (TPSA) is 76.7 Å². The lowest BCUT2D eigenvalue weighted by Gasteiger charge is -2.13. The van der Waals surface area contributed by atoms with Crippen LogP contribution in [0.4, 0.5) is 11.9 Å². The van der Waals surface area contributed by atoms with Gasteiger partial charge < -0.3 is 11.1 Å². The minimum atomic E-state index is 0.253. The molecule has 1 aromatic heterocycles. The van der Waals surface area contributed by atoms with Crippen LogP contribution in [0.5, 0.6) is 0 Å². The zero-order chi connectivity index (χ0) is 9.68. The van der Waals surface area contributed by atoms with Crippen molar-refractivity contribution in [2.75, 3.05) is 11.1 Å². The third kappa shape index (κ3) is 2.85. The maximum Gasteiger partial charge on any atom is 0.227 e. The van der Waals surface area contributed by atoms with Crippen molar-refractivity contribution >= 4 is 11.9 Å². The molecule has 0 radical (unpaired) electrons. The molecule has 0 aliphatic rings. The van der Waals surface area contributed by atoms with Crippen LogP contribution in [-0.2, 0) is 0 Å². The summed E-state index contributed by atoms with van der Waals surface area (Å²) in [5, 5.41) is 3.18. The summed E-state index contributed by atoms with van der Waals surface area (Å²) in [6.45, 7) is 4.23. The largest absolute Gasteiger partial charge is 0.368 e. The first kappa shape index (κ1) is 9.70. The molecule has 1 aromatic rings. The van der Waals surface area contributed by atoms with Gasteiger partial charge in [-0.15, -0.1) is 0 Å². The van der Waals surface area contributed by atoms with E-state index < -0.39 is 0 Å². The Morgan fingerprint density at radius 2 is 2.08 bits per heavy atom. The summed E-state index contributed by atoms with van der Waals surface area (Å²) in [7, 11) is 0. The fraction of sp³-hybridized carbons (Fsp3) is 0.625. The second-order valence-electron chi connectivity index (χ2n) is 2.83. The first-order valence-electron chi connectivity index (χ1n) is 4.47.